The zero-order chi connectivity index (χ0) is 20.5. The van der Waals surface area contributed by atoms with Crippen LogP contribution < -0.4 is 11.5 Å². The number of nitrogens with zero attached hydrogens (tertiary/aromatic N) is 1. The van der Waals surface area contributed by atoms with E-state index < -0.39 is 30.4 Å². The maximum absolute atomic E-state index is 11.6. The molecule has 2 rings (SSSR count). The SMILES string of the molecule is NC(Cc1ccccc1)[C@H](O)CN(C[C@H](O)C(N)Cc1ccccc1)C(=O)O. The molecular weight excluding hydrogens is 358 g/mol. The van der Waals surface area contributed by atoms with E-state index in [2.05, 4.69) is 0 Å². The molecule has 0 aliphatic carbocycles. The molecule has 2 unspecified atom stereocenters. The topological polar surface area (TPSA) is 133 Å². The van der Waals surface area contributed by atoms with Gasteiger partial charge >= 0.3 is 6.09 Å². The van der Waals surface area contributed by atoms with Crippen molar-refractivity contribution in [2.45, 2.75) is 37.1 Å². The van der Waals surface area contributed by atoms with Gasteiger partial charge in [0.2, 0.25) is 0 Å². The van der Waals surface area contributed by atoms with E-state index in [-0.39, 0.29) is 13.1 Å². The van der Waals surface area contributed by atoms with Gasteiger partial charge in [0.1, 0.15) is 0 Å². The summed E-state index contributed by atoms with van der Waals surface area (Å²) in [6.07, 6.45) is -2.52. The standard InChI is InChI=1S/C21H29N3O4/c22-17(11-15-7-3-1-4-8-15)19(25)13-24(21(27)28)14-20(26)18(23)12-16-9-5-2-6-10-16/h1-10,17-20,25-26H,11-14,22-23H2,(H,27,28)/t17?,18?,19-,20+. The molecule has 2 aromatic carbocycles. The minimum Gasteiger partial charge on any atom is -0.465 e. The van der Waals surface area contributed by atoms with Gasteiger partial charge in [-0.05, 0) is 24.0 Å². The fourth-order valence-corrected chi connectivity index (χ4v) is 3.00. The van der Waals surface area contributed by atoms with E-state index in [9.17, 15) is 20.1 Å². The molecule has 0 fully saturated rings. The number of carboxylic acid groups (broad SMARTS) is 1. The molecule has 0 spiro atoms. The molecule has 7 heteroatoms. The lowest BCUT2D eigenvalue weighted by molar-refractivity contribution is 0.0484. The summed E-state index contributed by atoms with van der Waals surface area (Å²) in [5.74, 6) is 0. The first-order valence-corrected chi connectivity index (χ1v) is 9.29. The Bertz CT molecular complexity index is 659. The molecule has 0 heterocycles. The molecule has 0 saturated carbocycles. The van der Waals surface area contributed by atoms with E-state index in [0.717, 1.165) is 16.0 Å². The lowest BCUT2D eigenvalue weighted by atomic mass is 10.0. The fourth-order valence-electron chi connectivity index (χ4n) is 3.00. The Morgan fingerprint density at radius 3 is 1.46 bits per heavy atom. The predicted molar refractivity (Wildman–Crippen MR) is 108 cm³/mol. The van der Waals surface area contributed by atoms with Crippen molar-refractivity contribution in [3.05, 3.63) is 71.8 Å². The first kappa shape index (κ1) is 21.8. The quantitative estimate of drug-likeness (QED) is 0.410. The molecule has 7 N–H and O–H groups in total. The third-order valence-corrected chi connectivity index (χ3v) is 4.70. The maximum atomic E-state index is 11.6. The summed E-state index contributed by atoms with van der Waals surface area (Å²) in [6, 6.07) is 17.6. The van der Waals surface area contributed by atoms with Gasteiger partial charge in [-0.3, -0.25) is 0 Å². The number of benzene rings is 2. The highest BCUT2D eigenvalue weighted by atomic mass is 16.4. The molecule has 4 atom stereocenters. The van der Waals surface area contributed by atoms with Crippen molar-refractivity contribution in [2.24, 2.45) is 11.5 Å². The van der Waals surface area contributed by atoms with Gasteiger partial charge in [0, 0.05) is 12.1 Å². The van der Waals surface area contributed by atoms with Gasteiger partial charge in [-0.25, -0.2) is 4.79 Å². The van der Waals surface area contributed by atoms with Crippen LogP contribution in [0.3, 0.4) is 0 Å². The molecule has 1 amide bonds. The Morgan fingerprint density at radius 2 is 1.14 bits per heavy atom. The van der Waals surface area contributed by atoms with E-state index in [1.54, 1.807) is 0 Å². The summed E-state index contributed by atoms with van der Waals surface area (Å²) < 4.78 is 0. The average Bonchev–Trinajstić information content (AvgIpc) is 2.68. The number of hydrogen-bond donors (Lipinski definition) is 5. The van der Waals surface area contributed by atoms with Crippen LogP contribution in [0.25, 0.3) is 0 Å². The molecule has 2 aromatic rings. The molecule has 0 radical (unpaired) electrons. The van der Waals surface area contributed by atoms with Crippen LogP contribution in [0.5, 0.6) is 0 Å². The van der Waals surface area contributed by atoms with Gasteiger partial charge < -0.3 is 31.7 Å². The van der Waals surface area contributed by atoms with Crippen LogP contribution in [0, 0.1) is 0 Å². The Morgan fingerprint density at radius 1 is 0.786 bits per heavy atom. The van der Waals surface area contributed by atoms with E-state index in [0.29, 0.717) is 12.8 Å². The number of aliphatic hydroxyl groups is 2. The van der Waals surface area contributed by atoms with Crippen LogP contribution in [-0.2, 0) is 12.8 Å². The van der Waals surface area contributed by atoms with Crippen molar-refractivity contribution < 1.29 is 20.1 Å². The third kappa shape index (κ3) is 6.94. The van der Waals surface area contributed by atoms with E-state index in [1.807, 2.05) is 60.7 Å². The van der Waals surface area contributed by atoms with Crippen molar-refractivity contribution in [3.8, 4) is 0 Å². The van der Waals surface area contributed by atoms with Crippen molar-refractivity contribution >= 4 is 6.09 Å². The van der Waals surface area contributed by atoms with Crippen molar-refractivity contribution in [3.63, 3.8) is 0 Å². The van der Waals surface area contributed by atoms with Crippen molar-refractivity contribution in [1.29, 1.82) is 0 Å². The van der Waals surface area contributed by atoms with E-state index in [1.165, 1.54) is 0 Å². The Kier molecular flexibility index (Phi) is 8.41. The second kappa shape index (κ2) is 10.8. The number of amides is 1. The number of nitrogens with two attached hydrogens (primary N) is 2. The van der Waals surface area contributed by atoms with Crippen LogP contribution in [-0.4, -0.2) is 63.7 Å². The minimum atomic E-state index is -1.24. The lowest BCUT2D eigenvalue weighted by Crippen LogP contribution is -2.51. The summed E-state index contributed by atoms with van der Waals surface area (Å²) in [6.45, 7) is -0.392. The molecule has 0 bridgehead atoms. The van der Waals surface area contributed by atoms with E-state index in [4.69, 9.17) is 11.5 Å². The van der Waals surface area contributed by atoms with Crippen LogP contribution in [0.15, 0.2) is 60.7 Å². The van der Waals surface area contributed by atoms with Crippen LogP contribution in [0.4, 0.5) is 4.79 Å². The highest BCUT2D eigenvalue weighted by molar-refractivity contribution is 5.65. The molecular formula is C21H29N3O4. The monoisotopic (exact) mass is 387 g/mol. The third-order valence-electron chi connectivity index (χ3n) is 4.70. The van der Waals surface area contributed by atoms with Gasteiger partial charge in [-0.1, -0.05) is 60.7 Å². The Labute approximate surface area is 165 Å². The Balaban J connectivity index is 1.89. The summed E-state index contributed by atoms with van der Waals surface area (Å²) in [4.78, 5) is 12.5. The highest BCUT2D eigenvalue weighted by Crippen LogP contribution is 2.09. The number of hydrogen-bond acceptors (Lipinski definition) is 5. The van der Waals surface area contributed by atoms with E-state index >= 15 is 0 Å². The smallest absolute Gasteiger partial charge is 0.407 e. The van der Waals surface area contributed by atoms with Gasteiger partial charge in [0.05, 0.1) is 25.3 Å². The van der Waals surface area contributed by atoms with Gasteiger partial charge in [-0.15, -0.1) is 0 Å². The molecule has 0 aliphatic heterocycles. The second-order valence-electron chi connectivity index (χ2n) is 7.03. The second-order valence-corrected chi connectivity index (χ2v) is 7.03. The van der Waals surface area contributed by atoms with Gasteiger partial charge in [0.25, 0.3) is 0 Å². The van der Waals surface area contributed by atoms with Crippen LogP contribution >= 0.6 is 0 Å². The minimum absolute atomic E-state index is 0.196. The molecule has 0 saturated heterocycles. The molecule has 0 aromatic heterocycles. The summed E-state index contributed by atoms with van der Waals surface area (Å²) in [7, 11) is 0. The van der Waals surface area contributed by atoms with Crippen LogP contribution in [0.1, 0.15) is 11.1 Å². The first-order chi connectivity index (χ1) is 13.4. The molecule has 7 nitrogen and oxygen atoms in total. The maximum Gasteiger partial charge on any atom is 0.407 e. The lowest BCUT2D eigenvalue weighted by Gasteiger charge is -2.29. The van der Waals surface area contributed by atoms with Crippen LogP contribution in [0.2, 0.25) is 0 Å². The number of carbonyl (C=O) groups is 1. The Hall–Kier alpha value is -2.45. The zero-order valence-electron chi connectivity index (χ0n) is 15.8. The summed E-state index contributed by atoms with van der Waals surface area (Å²) in [5, 5.41) is 30.1. The first-order valence-electron chi connectivity index (χ1n) is 9.29. The average molecular weight is 387 g/mol. The van der Waals surface area contributed by atoms with Gasteiger partial charge in [-0.2, -0.15) is 0 Å². The highest BCUT2D eigenvalue weighted by Gasteiger charge is 2.26. The normalized spacial score (nSPS) is 15.4. The predicted octanol–water partition coefficient (Wildman–Crippen LogP) is 0.828. The summed E-state index contributed by atoms with van der Waals surface area (Å²) >= 11 is 0. The zero-order valence-corrected chi connectivity index (χ0v) is 15.8. The molecule has 152 valence electrons. The fraction of sp³-hybridized carbons (Fsp3) is 0.381. The largest absolute Gasteiger partial charge is 0.465 e. The summed E-state index contributed by atoms with van der Waals surface area (Å²) in [5.41, 5.74) is 14.0. The number of aliphatic hydroxyl groups excluding tert-OH is 2. The van der Waals surface area contributed by atoms with Gasteiger partial charge in [0.15, 0.2) is 0 Å². The molecule has 28 heavy (non-hydrogen) atoms. The van der Waals surface area contributed by atoms with Crippen molar-refractivity contribution in [1.82, 2.24) is 4.90 Å². The number of rotatable bonds is 10. The molecule has 0 aliphatic rings. The van der Waals surface area contributed by atoms with Crippen molar-refractivity contribution in [2.75, 3.05) is 13.1 Å².